The Balaban J connectivity index is 1.51. The Morgan fingerprint density at radius 2 is 0.424 bits per heavy atom. The van der Waals surface area contributed by atoms with E-state index in [-0.39, 0.29) is 16.7 Å². The molecule has 0 saturated heterocycles. The molecule has 6 heterocycles. The van der Waals surface area contributed by atoms with Crippen molar-refractivity contribution in [2.45, 2.75) is 0 Å². The Kier molecular flexibility index (Phi) is 11.0. The topological polar surface area (TPSA) is 149 Å². The highest BCUT2D eigenvalue weighted by molar-refractivity contribution is 6.10. The molecule has 0 aliphatic heterocycles. The van der Waals surface area contributed by atoms with Crippen LogP contribution in [0.4, 0.5) is 0 Å². The summed E-state index contributed by atoms with van der Waals surface area (Å²) in [6, 6.07) is 59.0. The summed E-state index contributed by atoms with van der Waals surface area (Å²) < 4.78 is 0. The van der Waals surface area contributed by atoms with Gasteiger partial charge in [0.25, 0.3) is 0 Å². The molecule has 0 N–H and O–H groups in total. The second kappa shape index (κ2) is 17.9. The standard InChI is InChI=1S/C57H33N9/c58-34-43-55(52-37(46-22-1-7-28-61-46)16-13-17-38(52)47-23-2-8-29-62-47)44(35-59)57(54-41(50-26-5-11-32-65-50)20-15-21-42(54)51-27-6-12-33-66-51)45(36-60)56(43)53-39(48-24-3-9-30-63-48)18-14-19-40(53)49-25-4-10-31-64-49/h1-33H. The van der Waals surface area contributed by atoms with Crippen molar-refractivity contribution in [1.29, 1.82) is 15.8 Å². The Bertz CT molecular complexity index is 2960. The van der Waals surface area contributed by atoms with Crippen LogP contribution in [0.15, 0.2) is 201 Å². The molecule has 0 amide bonds. The lowest BCUT2D eigenvalue weighted by Crippen LogP contribution is -2.07. The van der Waals surface area contributed by atoms with Crippen molar-refractivity contribution in [2.24, 2.45) is 0 Å². The van der Waals surface area contributed by atoms with Crippen molar-refractivity contribution in [3.63, 3.8) is 0 Å². The monoisotopic (exact) mass is 843 g/mol. The van der Waals surface area contributed by atoms with Gasteiger partial charge in [0.1, 0.15) is 18.2 Å². The lowest BCUT2D eigenvalue weighted by atomic mass is 9.74. The first-order chi connectivity index (χ1) is 32.7. The molecule has 9 nitrogen and oxygen atoms in total. The Hall–Kier alpha value is -9.75. The highest BCUT2D eigenvalue weighted by Crippen LogP contribution is 2.54. The minimum atomic E-state index is 0.0997. The van der Waals surface area contributed by atoms with E-state index >= 15 is 0 Å². The van der Waals surface area contributed by atoms with E-state index in [0.717, 1.165) is 0 Å². The van der Waals surface area contributed by atoms with Crippen LogP contribution < -0.4 is 0 Å². The highest BCUT2D eigenvalue weighted by atomic mass is 14.7. The third-order valence-electron chi connectivity index (χ3n) is 11.4. The van der Waals surface area contributed by atoms with Crippen molar-refractivity contribution in [3.8, 4) is 119 Å². The molecule has 10 aromatic rings. The number of nitrogens with zero attached hydrogens (tertiary/aromatic N) is 9. The number of rotatable bonds is 9. The van der Waals surface area contributed by atoms with E-state index in [1.165, 1.54) is 0 Å². The first-order valence-corrected chi connectivity index (χ1v) is 21.0. The second-order valence-corrected chi connectivity index (χ2v) is 15.1. The summed E-state index contributed by atoms with van der Waals surface area (Å²) in [7, 11) is 0. The van der Waals surface area contributed by atoms with Crippen LogP contribution in [-0.2, 0) is 0 Å². The SMILES string of the molecule is N#Cc1c(-c2c(-c3ccccn3)cccc2-c2ccccn2)c(C#N)c(-c2c(-c3ccccn3)cccc2-c2ccccn2)c(C#N)c1-c1c(-c2ccccn2)cccc1-c1ccccn1. The van der Waals surface area contributed by atoms with Crippen molar-refractivity contribution >= 4 is 0 Å². The summed E-state index contributed by atoms with van der Waals surface area (Å²) in [6.07, 6.45) is 10.3. The minimum Gasteiger partial charge on any atom is -0.256 e. The number of pyridine rings is 6. The van der Waals surface area contributed by atoms with E-state index in [2.05, 4.69) is 18.2 Å². The molecule has 306 valence electrons. The Labute approximate surface area is 381 Å². The minimum absolute atomic E-state index is 0.0997. The van der Waals surface area contributed by atoms with Crippen molar-refractivity contribution in [3.05, 3.63) is 218 Å². The zero-order chi connectivity index (χ0) is 44.8. The fourth-order valence-electron chi connectivity index (χ4n) is 8.71. The van der Waals surface area contributed by atoms with Crippen LogP contribution in [0.1, 0.15) is 16.7 Å². The van der Waals surface area contributed by atoms with Crippen LogP contribution >= 0.6 is 0 Å². The van der Waals surface area contributed by atoms with Gasteiger partial charge in [-0.1, -0.05) is 91.0 Å². The van der Waals surface area contributed by atoms with Gasteiger partial charge in [-0.15, -0.1) is 0 Å². The summed E-state index contributed by atoms with van der Waals surface area (Å²) in [4.78, 5) is 28.9. The average molecular weight is 844 g/mol. The normalized spacial score (nSPS) is 10.7. The maximum atomic E-state index is 12.0. The molecule has 0 radical (unpaired) electrons. The van der Waals surface area contributed by atoms with E-state index in [1.807, 2.05) is 164 Å². The van der Waals surface area contributed by atoms with Crippen molar-refractivity contribution in [1.82, 2.24) is 29.9 Å². The first-order valence-electron chi connectivity index (χ1n) is 21.0. The summed E-state index contributed by atoms with van der Waals surface area (Å²) in [6.45, 7) is 0. The molecule has 6 aromatic heterocycles. The molecular weight excluding hydrogens is 811 g/mol. The molecular formula is C57H33N9. The largest absolute Gasteiger partial charge is 0.256 e. The van der Waals surface area contributed by atoms with Gasteiger partial charge in [-0.05, 0) is 72.8 Å². The van der Waals surface area contributed by atoms with E-state index in [9.17, 15) is 15.8 Å². The number of hydrogen-bond acceptors (Lipinski definition) is 9. The van der Waals surface area contributed by atoms with E-state index < -0.39 is 0 Å². The van der Waals surface area contributed by atoms with E-state index in [0.29, 0.717) is 101 Å². The third kappa shape index (κ3) is 7.19. The molecule has 0 aliphatic rings. The summed E-state index contributed by atoms with van der Waals surface area (Å²) in [5.74, 6) is 0. The van der Waals surface area contributed by atoms with Gasteiger partial charge in [0, 0.05) is 104 Å². The fraction of sp³-hybridized carbons (Fsp3) is 0. The maximum absolute atomic E-state index is 12.0. The summed E-state index contributed by atoms with van der Waals surface area (Å²) in [5, 5.41) is 35.9. The lowest BCUT2D eigenvalue weighted by Gasteiger charge is -2.26. The molecule has 0 spiro atoms. The fourth-order valence-corrected chi connectivity index (χ4v) is 8.71. The zero-order valence-corrected chi connectivity index (χ0v) is 35.1. The van der Waals surface area contributed by atoms with Gasteiger partial charge in [-0.3, -0.25) is 29.9 Å². The second-order valence-electron chi connectivity index (χ2n) is 15.1. The van der Waals surface area contributed by atoms with Crippen LogP contribution in [0.5, 0.6) is 0 Å². The lowest BCUT2D eigenvalue weighted by molar-refractivity contribution is 1.30. The molecule has 0 atom stereocenters. The van der Waals surface area contributed by atoms with Crippen molar-refractivity contribution < 1.29 is 0 Å². The Morgan fingerprint density at radius 1 is 0.227 bits per heavy atom. The summed E-state index contributed by atoms with van der Waals surface area (Å²) >= 11 is 0. The van der Waals surface area contributed by atoms with Gasteiger partial charge in [-0.25, -0.2) is 0 Å². The van der Waals surface area contributed by atoms with Gasteiger partial charge in [0.2, 0.25) is 0 Å². The highest BCUT2D eigenvalue weighted by Gasteiger charge is 2.34. The molecule has 0 saturated carbocycles. The van der Waals surface area contributed by atoms with Gasteiger partial charge in [0.05, 0.1) is 50.9 Å². The average Bonchev–Trinajstić information content (AvgIpc) is 3.41. The van der Waals surface area contributed by atoms with Crippen LogP contribution in [0.2, 0.25) is 0 Å². The van der Waals surface area contributed by atoms with E-state index in [4.69, 9.17) is 29.9 Å². The van der Waals surface area contributed by atoms with Crippen LogP contribution in [0.3, 0.4) is 0 Å². The number of benzene rings is 4. The molecule has 0 fully saturated rings. The van der Waals surface area contributed by atoms with Gasteiger partial charge in [-0.2, -0.15) is 15.8 Å². The number of hydrogen-bond donors (Lipinski definition) is 0. The van der Waals surface area contributed by atoms with Crippen LogP contribution in [0, 0.1) is 34.0 Å². The zero-order valence-electron chi connectivity index (χ0n) is 35.1. The van der Waals surface area contributed by atoms with Crippen LogP contribution in [0.25, 0.3) is 101 Å². The predicted molar refractivity (Wildman–Crippen MR) is 256 cm³/mol. The molecule has 4 aromatic carbocycles. The first kappa shape index (κ1) is 40.3. The van der Waals surface area contributed by atoms with E-state index in [1.54, 1.807) is 37.2 Å². The Morgan fingerprint density at radius 3 is 0.576 bits per heavy atom. The molecule has 66 heavy (non-hydrogen) atoms. The van der Waals surface area contributed by atoms with Crippen LogP contribution in [-0.4, -0.2) is 29.9 Å². The molecule has 9 heteroatoms. The number of aromatic nitrogens is 6. The smallest absolute Gasteiger partial charge is 0.101 e. The molecule has 0 bridgehead atoms. The number of nitriles is 3. The summed E-state index contributed by atoms with van der Waals surface area (Å²) in [5.41, 5.74) is 10.4. The quantitative estimate of drug-likeness (QED) is 0.138. The molecule has 10 rings (SSSR count). The third-order valence-corrected chi connectivity index (χ3v) is 11.4. The van der Waals surface area contributed by atoms with Gasteiger partial charge in [0.15, 0.2) is 0 Å². The van der Waals surface area contributed by atoms with Gasteiger partial charge >= 0.3 is 0 Å². The van der Waals surface area contributed by atoms with Gasteiger partial charge < -0.3 is 0 Å². The molecule has 0 unspecified atom stereocenters. The maximum Gasteiger partial charge on any atom is 0.101 e. The molecule has 0 aliphatic carbocycles. The van der Waals surface area contributed by atoms with Crippen molar-refractivity contribution in [2.75, 3.05) is 0 Å². The predicted octanol–water partition coefficient (Wildman–Crippen LogP) is 12.7.